The number of carbonyl (C=O) groups excluding carboxylic acids is 1. The number of amides is 1. The number of aryl methyl sites for hydroxylation is 1. The first-order chi connectivity index (χ1) is 9.92. The molecule has 2 rings (SSSR count). The van der Waals surface area contributed by atoms with E-state index in [1.807, 2.05) is 26.8 Å². The van der Waals surface area contributed by atoms with Gasteiger partial charge in [-0.1, -0.05) is 0 Å². The van der Waals surface area contributed by atoms with E-state index in [0.717, 1.165) is 16.8 Å². The number of hydrogen-bond acceptors (Lipinski definition) is 6. The van der Waals surface area contributed by atoms with E-state index in [4.69, 9.17) is 0 Å². The third kappa shape index (κ3) is 3.41. The van der Waals surface area contributed by atoms with Crippen LogP contribution in [0.3, 0.4) is 0 Å². The topological polar surface area (TPSA) is 70.2 Å². The first-order valence-electron chi connectivity index (χ1n) is 6.92. The predicted molar refractivity (Wildman–Crippen MR) is 88.1 cm³/mol. The molecule has 0 spiro atoms. The van der Waals surface area contributed by atoms with Crippen LogP contribution in [0.25, 0.3) is 10.2 Å². The van der Waals surface area contributed by atoms with Crippen molar-refractivity contribution in [2.45, 2.75) is 26.8 Å². The summed E-state index contributed by atoms with van der Waals surface area (Å²) in [4.78, 5) is 24.6. The van der Waals surface area contributed by atoms with Crippen LogP contribution in [0.5, 0.6) is 0 Å². The van der Waals surface area contributed by atoms with Crippen LogP contribution in [-0.4, -0.2) is 47.5 Å². The Labute approximate surface area is 128 Å². The first-order valence-corrected chi connectivity index (χ1v) is 7.73. The van der Waals surface area contributed by atoms with E-state index in [2.05, 4.69) is 20.6 Å². The number of hydrogen-bond donors (Lipinski definition) is 2. The lowest BCUT2D eigenvalue weighted by molar-refractivity contribution is -0.129. The summed E-state index contributed by atoms with van der Waals surface area (Å²) in [6.45, 7) is 6.62. The summed E-state index contributed by atoms with van der Waals surface area (Å²) in [5.41, 5.74) is 0. The summed E-state index contributed by atoms with van der Waals surface area (Å²) in [6, 6.07) is 1.71. The maximum Gasteiger partial charge on any atom is 0.244 e. The Hall–Kier alpha value is -1.89. The van der Waals surface area contributed by atoms with Crippen LogP contribution in [-0.2, 0) is 4.79 Å². The third-order valence-corrected chi connectivity index (χ3v) is 3.96. The second kappa shape index (κ2) is 6.26. The van der Waals surface area contributed by atoms with Gasteiger partial charge in [-0.05, 0) is 26.8 Å². The minimum absolute atomic E-state index is 0.0127. The molecule has 0 radical (unpaired) electrons. The highest BCUT2D eigenvalue weighted by atomic mass is 32.1. The number of nitrogens with zero attached hydrogens (tertiary/aromatic N) is 3. The highest BCUT2D eigenvalue weighted by molar-refractivity contribution is 7.18. The van der Waals surface area contributed by atoms with Crippen LogP contribution < -0.4 is 10.6 Å². The Bertz CT molecular complexity index is 652. The van der Waals surface area contributed by atoms with Gasteiger partial charge in [-0.3, -0.25) is 4.79 Å². The number of thiophene rings is 1. The van der Waals surface area contributed by atoms with Crippen LogP contribution in [0.15, 0.2) is 6.07 Å². The van der Waals surface area contributed by atoms with Crippen molar-refractivity contribution in [1.29, 1.82) is 0 Å². The van der Waals surface area contributed by atoms with Gasteiger partial charge in [0.25, 0.3) is 0 Å². The zero-order valence-corrected chi connectivity index (χ0v) is 13.8. The van der Waals surface area contributed by atoms with Gasteiger partial charge in [-0.25, -0.2) is 4.98 Å². The molecule has 2 aromatic rings. The van der Waals surface area contributed by atoms with Crippen LogP contribution in [0.4, 0.5) is 11.8 Å². The highest BCUT2D eigenvalue weighted by Gasteiger charge is 2.18. The zero-order chi connectivity index (χ0) is 15.6. The van der Waals surface area contributed by atoms with Crippen molar-refractivity contribution in [3.63, 3.8) is 0 Å². The molecule has 0 aromatic carbocycles. The molecule has 2 aromatic heterocycles. The van der Waals surface area contributed by atoms with Gasteiger partial charge in [-0.15, -0.1) is 11.3 Å². The molecule has 0 bridgehead atoms. The monoisotopic (exact) mass is 307 g/mol. The van der Waals surface area contributed by atoms with Crippen molar-refractivity contribution in [3.8, 4) is 0 Å². The largest absolute Gasteiger partial charge is 0.358 e. The smallest absolute Gasteiger partial charge is 0.244 e. The molecule has 114 valence electrons. The SMILES string of the molecule is CCNc1nc(NC(C)C(=O)N(C)C)c2cc(C)sc2n1. The molecule has 2 heterocycles. The summed E-state index contributed by atoms with van der Waals surface area (Å²) < 4.78 is 0. The highest BCUT2D eigenvalue weighted by Crippen LogP contribution is 2.30. The minimum Gasteiger partial charge on any atom is -0.358 e. The van der Waals surface area contributed by atoms with Crippen molar-refractivity contribution >= 4 is 39.2 Å². The lowest BCUT2D eigenvalue weighted by Crippen LogP contribution is -2.36. The summed E-state index contributed by atoms with van der Waals surface area (Å²) in [5, 5.41) is 7.28. The minimum atomic E-state index is -0.340. The van der Waals surface area contributed by atoms with Crippen molar-refractivity contribution in [3.05, 3.63) is 10.9 Å². The predicted octanol–water partition coefficient (Wildman–Crippen LogP) is 2.32. The lowest BCUT2D eigenvalue weighted by atomic mass is 10.2. The average molecular weight is 307 g/mol. The second-order valence-electron chi connectivity index (χ2n) is 5.10. The summed E-state index contributed by atoms with van der Waals surface area (Å²) in [5.74, 6) is 1.29. The average Bonchev–Trinajstić information content (AvgIpc) is 2.78. The number of likely N-dealkylation sites (N-methyl/N-ethyl adjacent to an activating group) is 1. The fraction of sp³-hybridized carbons (Fsp3) is 0.500. The quantitative estimate of drug-likeness (QED) is 0.887. The Morgan fingerprint density at radius 3 is 2.76 bits per heavy atom. The van der Waals surface area contributed by atoms with Crippen molar-refractivity contribution in [2.75, 3.05) is 31.3 Å². The van der Waals surface area contributed by atoms with E-state index >= 15 is 0 Å². The maximum atomic E-state index is 12.0. The van der Waals surface area contributed by atoms with Crippen LogP contribution in [0, 0.1) is 6.92 Å². The molecule has 2 N–H and O–H groups in total. The first kappa shape index (κ1) is 15.5. The van der Waals surface area contributed by atoms with Crippen LogP contribution >= 0.6 is 11.3 Å². The molecule has 0 saturated carbocycles. The molecule has 0 aliphatic carbocycles. The molecule has 7 heteroatoms. The van der Waals surface area contributed by atoms with Gasteiger partial charge in [0, 0.05) is 25.5 Å². The Morgan fingerprint density at radius 1 is 1.43 bits per heavy atom. The van der Waals surface area contributed by atoms with Gasteiger partial charge in [0.15, 0.2) is 0 Å². The molecule has 1 atom stereocenters. The maximum absolute atomic E-state index is 12.0. The summed E-state index contributed by atoms with van der Waals surface area (Å²) in [6.07, 6.45) is 0. The number of fused-ring (bicyclic) bond motifs is 1. The van der Waals surface area contributed by atoms with Crippen molar-refractivity contribution in [2.24, 2.45) is 0 Å². The molecule has 0 fully saturated rings. The Balaban J connectivity index is 2.38. The molecular weight excluding hydrogens is 286 g/mol. The van der Waals surface area contributed by atoms with E-state index in [9.17, 15) is 4.79 Å². The molecule has 1 unspecified atom stereocenters. The molecule has 6 nitrogen and oxygen atoms in total. The zero-order valence-electron chi connectivity index (χ0n) is 13.0. The lowest BCUT2D eigenvalue weighted by Gasteiger charge is -2.19. The molecule has 0 aliphatic rings. The standard InChI is InChI=1S/C14H21N5OS/c1-6-15-14-17-11(16-9(3)13(20)19(4)5)10-7-8(2)21-12(10)18-14/h7,9H,6H2,1-5H3,(H2,15,16,17,18). The Kier molecular flexibility index (Phi) is 4.62. The van der Waals surface area contributed by atoms with E-state index in [1.54, 1.807) is 30.3 Å². The van der Waals surface area contributed by atoms with Crippen molar-refractivity contribution < 1.29 is 4.79 Å². The Morgan fingerprint density at radius 2 is 2.14 bits per heavy atom. The van der Waals surface area contributed by atoms with Gasteiger partial charge >= 0.3 is 0 Å². The molecule has 1 amide bonds. The third-order valence-electron chi connectivity index (χ3n) is 3.02. The number of carbonyl (C=O) groups is 1. The fourth-order valence-corrected chi connectivity index (χ4v) is 2.92. The van der Waals surface area contributed by atoms with Gasteiger partial charge < -0.3 is 15.5 Å². The van der Waals surface area contributed by atoms with E-state index in [1.165, 1.54) is 4.88 Å². The van der Waals surface area contributed by atoms with E-state index in [-0.39, 0.29) is 11.9 Å². The number of nitrogens with one attached hydrogen (secondary N) is 2. The second-order valence-corrected chi connectivity index (χ2v) is 6.34. The summed E-state index contributed by atoms with van der Waals surface area (Å²) in [7, 11) is 3.49. The molecule has 21 heavy (non-hydrogen) atoms. The number of anilines is 2. The van der Waals surface area contributed by atoms with E-state index in [0.29, 0.717) is 11.8 Å². The van der Waals surface area contributed by atoms with Gasteiger partial charge in [-0.2, -0.15) is 4.98 Å². The molecule has 0 aliphatic heterocycles. The van der Waals surface area contributed by atoms with Crippen molar-refractivity contribution in [1.82, 2.24) is 14.9 Å². The summed E-state index contributed by atoms with van der Waals surface area (Å²) >= 11 is 1.62. The van der Waals surface area contributed by atoms with Crippen LogP contribution in [0.2, 0.25) is 0 Å². The number of rotatable bonds is 5. The van der Waals surface area contributed by atoms with Crippen LogP contribution in [0.1, 0.15) is 18.7 Å². The van der Waals surface area contributed by atoms with Gasteiger partial charge in [0.2, 0.25) is 11.9 Å². The van der Waals surface area contributed by atoms with Gasteiger partial charge in [0.05, 0.1) is 5.39 Å². The fourth-order valence-electron chi connectivity index (χ4n) is 2.04. The number of aromatic nitrogens is 2. The van der Waals surface area contributed by atoms with Gasteiger partial charge in [0.1, 0.15) is 16.7 Å². The van der Waals surface area contributed by atoms with E-state index < -0.39 is 0 Å². The normalized spacial score (nSPS) is 12.2. The molecular formula is C14H21N5OS. The molecule has 0 saturated heterocycles.